The van der Waals surface area contributed by atoms with E-state index in [1.807, 2.05) is 76.2 Å². The number of hydrogen-bond donors (Lipinski definition) is 2. The van der Waals surface area contributed by atoms with E-state index in [2.05, 4.69) is 16.9 Å². The third kappa shape index (κ3) is 5.96. The van der Waals surface area contributed by atoms with Crippen LogP contribution in [0.5, 0.6) is 5.75 Å². The molecule has 0 bridgehead atoms. The lowest BCUT2D eigenvalue weighted by molar-refractivity contribution is 0.0952. The number of likely N-dealkylation sites (N-methyl/N-ethyl adjacent to an activating group) is 1. The van der Waals surface area contributed by atoms with Crippen molar-refractivity contribution in [1.82, 2.24) is 19.2 Å². The summed E-state index contributed by atoms with van der Waals surface area (Å²) in [5, 5.41) is 3.47. The zero-order valence-electron chi connectivity index (χ0n) is 26.0. The third-order valence-corrected chi connectivity index (χ3v) is 10.8. The number of rotatable bonds is 12. The highest BCUT2D eigenvalue weighted by Gasteiger charge is 2.54. The first-order valence-electron chi connectivity index (χ1n) is 14.7. The van der Waals surface area contributed by atoms with E-state index >= 15 is 0 Å². The Labute approximate surface area is 258 Å². The number of carbonyl (C=O) groups is 1. The Kier molecular flexibility index (Phi) is 8.59. The summed E-state index contributed by atoms with van der Waals surface area (Å²) < 4.78 is 34.4. The standard InChI is InChI=1S/C34H40N4O5S/c1-7-12-34(13-14-34)44(41,42)38-21-23(3)31-28(32(39)35-20-29-22(2)17-24(4)36-33(29)40)18-26(19-30(31)38)25-8-10-27(11-9-25)43-16-15-37(5)6/h7-11,17-19,21H,1,12-16,20H2,2-6H3,(H,35,39)(H,36,40). The number of hydrogen-bond acceptors (Lipinski definition) is 6. The Bertz CT molecular complexity index is 1900. The highest BCUT2D eigenvalue weighted by molar-refractivity contribution is 7.91. The molecule has 44 heavy (non-hydrogen) atoms. The molecule has 0 atom stereocenters. The second-order valence-electron chi connectivity index (χ2n) is 12.0. The van der Waals surface area contributed by atoms with Gasteiger partial charge in [-0.3, -0.25) is 9.59 Å². The zero-order valence-corrected chi connectivity index (χ0v) is 26.8. The van der Waals surface area contributed by atoms with Crippen LogP contribution in [0.4, 0.5) is 0 Å². The number of carbonyl (C=O) groups excluding carboxylic acids is 1. The van der Waals surface area contributed by atoms with Crippen molar-refractivity contribution in [2.24, 2.45) is 0 Å². The molecule has 2 heterocycles. The lowest BCUT2D eigenvalue weighted by Gasteiger charge is -2.17. The molecule has 0 saturated heterocycles. The van der Waals surface area contributed by atoms with Crippen LogP contribution in [0.1, 0.15) is 52.0 Å². The molecule has 10 heteroatoms. The van der Waals surface area contributed by atoms with Crippen LogP contribution < -0.4 is 15.6 Å². The van der Waals surface area contributed by atoms with E-state index in [-0.39, 0.29) is 12.1 Å². The van der Waals surface area contributed by atoms with Gasteiger partial charge in [-0.15, -0.1) is 6.58 Å². The molecule has 0 unspecified atom stereocenters. The normalized spacial score (nSPS) is 14.1. The van der Waals surface area contributed by atoms with E-state index in [0.717, 1.165) is 29.1 Å². The lowest BCUT2D eigenvalue weighted by atomic mass is 9.98. The van der Waals surface area contributed by atoms with Crippen molar-refractivity contribution in [3.63, 3.8) is 0 Å². The van der Waals surface area contributed by atoms with Crippen LogP contribution in [0, 0.1) is 20.8 Å². The van der Waals surface area contributed by atoms with Crippen molar-refractivity contribution in [3.8, 4) is 16.9 Å². The predicted octanol–water partition coefficient (Wildman–Crippen LogP) is 5.08. The first-order valence-corrected chi connectivity index (χ1v) is 16.2. The number of nitrogens with one attached hydrogen (secondary N) is 2. The van der Waals surface area contributed by atoms with Crippen molar-refractivity contribution in [1.29, 1.82) is 0 Å². The van der Waals surface area contributed by atoms with Crippen LogP contribution in [0.25, 0.3) is 22.0 Å². The fourth-order valence-corrected chi connectivity index (χ4v) is 7.77. The van der Waals surface area contributed by atoms with Crippen molar-refractivity contribution in [2.45, 2.75) is 51.3 Å². The molecular weight excluding hydrogens is 576 g/mol. The number of ether oxygens (including phenoxy) is 1. The number of fused-ring (bicyclic) bond motifs is 1. The third-order valence-electron chi connectivity index (χ3n) is 8.35. The Balaban J connectivity index is 1.59. The van der Waals surface area contributed by atoms with Crippen LogP contribution in [0.15, 0.2) is 66.1 Å². The number of pyridine rings is 1. The quantitative estimate of drug-likeness (QED) is 0.215. The Morgan fingerprint density at radius 1 is 1.09 bits per heavy atom. The molecule has 0 spiro atoms. The van der Waals surface area contributed by atoms with E-state index in [1.165, 1.54) is 3.97 Å². The molecular formula is C34H40N4O5S. The fraction of sp³-hybridized carbons (Fsp3) is 0.353. The van der Waals surface area contributed by atoms with E-state index in [1.54, 1.807) is 18.3 Å². The van der Waals surface area contributed by atoms with Gasteiger partial charge in [-0.25, -0.2) is 12.4 Å². The molecule has 5 rings (SSSR count). The number of aromatic nitrogens is 2. The smallest absolute Gasteiger partial charge is 0.253 e. The highest BCUT2D eigenvalue weighted by Crippen LogP contribution is 2.49. The van der Waals surface area contributed by atoms with Gasteiger partial charge in [-0.2, -0.15) is 0 Å². The van der Waals surface area contributed by atoms with Crippen molar-refractivity contribution >= 4 is 26.8 Å². The zero-order chi connectivity index (χ0) is 31.8. The average molecular weight is 617 g/mol. The first kappa shape index (κ1) is 31.3. The van der Waals surface area contributed by atoms with Gasteiger partial charge in [0, 0.05) is 41.5 Å². The molecule has 1 saturated carbocycles. The summed E-state index contributed by atoms with van der Waals surface area (Å²) in [6.07, 6.45) is 4.76. The maximum atomic E-state index is 14.0. The average Bonchev–Trinajstić information content (AvgIpc) is 3.68. The summed E-state index contributed by atoms with van der Waals surface area (Å²) in [6.45, 7) is 10.6. The molecule has 2 aromatic heterocycles. The summed E-state index contributed by atoms with van der Waals surface area (Å²) in [5.41, 5.74) is 4.69. The van der Waals surface area contributed by atoms with Crippen LogP contribution in [0.3, 0.4) is 0 Å². The molecule has 2 N–H and O–H groups in total. The van der Waals surface area contributed by atoms with E-state index < -0.39 is 20.7 Å². The SMILES string of the molecule is C=CCC1(S(=O)(=O)n2cc(C)c3c(C(=O)NCc4c(C)cc(C)[nH]c4=O)cc(-c4ccc(OCCN(C)C)cc4)cc32)CC1. The number of aryl methyl sites for hydroxylation is 3. The predicted molar refractivity (Wildman–Crippen MR) is 175 cm³/mol. The second kappa shape index (κ2) is 12.1. The largest absolute Gasteiger partial charge is 0.492 e. The number of allylic oxidation sites excluding steroid dienone is 1. The number of benzene rings is 2. The van der Waals surface area contributed by atoms with Gasteiger partial charge >= 0.3 is 0 Å². The Morgan fingerprint density at radius 2 is 1.80 bits per heavy atom. The molecule has 9 nitrogen and oxygen atoms in total. The molecule has 1 amide bonds. The summed E-state index contributed by atoms with van der Waals surface area (Å²) in [4.78, 5) is 31.3. The van der Waals surface area contributed by atoms with Crippen molar-refractivity contribution < 1.29 is 17.9 Å². The van der Waals surface area contributed by atoms with Crippen LogP contribution >= 0.6 is 0 Å². The van der Waals surface area contributed by atoms with Gasteiger partial charge in [-0.05, 0) is 107 Å². The first-order chi connectivity index (χ1) is 20.9. The minimum absolute atomic E-state index is 0.0332. The molecule has 0 radical (unpaired) electrons. The molecule has 1 aliphatic carbocycles. The minimum atomic E-state index is -3.79. The Hall–Kier alpha value is -4.15. The maximum absolute atomic E-state index is 14.0. The molecule has 1 aliphatic rings. The number of nitrogens with zero attached hydrogens (tertiary/aromatic N) is 2. The monoisotopic (exact) mass is 616 g/mol. The fourth-order valence-electron chi connectivity index (χ4n) is 5.70. The summed E-state index contributed by atoms with van der Waals surface area (Å²) in [7, 11) is 0.178. The van der Waals surface area contributed by atoms with Gasteiger partial charge in [0.25, 0.3) is 11.5 Å². The number of amides is 1. The summed E-state index contributed by atoms with van der Waals surface area (Å²) in [5.74, 6) is 0.320. The Morgan fingerprint density at radius 3 is 2.41 bits per heavy atom. The van der Waals surface area contributed by atoms with Gasteiger partial charge in [0.2, 0.25) is 10.0 Å². The highest BCUT2D eigenvalue weighted by atomic mass is 32.2. The van der Waals surface area contributed by atoms with Crippen LogP contribution in [0.2, 0.25) is 0 Å². The van der Waals surface area contributed by atoms with Crippen LogP contribution in [-0.2, 0) is 16.6 Å². The lowest BCUT2D eigenvalue weighted by Crippen LogP contribution is -2.29. The van der Waals surface area contributed by atoms with Crippen molar-refractivity contribution in [2.75, 3.05) is 27.2 Å². The summed E-state index contributed by atoms with van der Waals surface area (Å²) >= 11 is 0. The second-order valence-corrected chi connectivity index (χ2v) is 14.2. The molecule has 1 fully saturated rings. The summed E-state index contributed by atoms with van der Waals surface area (Å²) in [6, 6.07) is 13.0. The number of H-pyrrole nitrogens is 1. The van der Waals surface area contributed by atoms with Gasteiger partial charge < -0.3 is 19.9 Å². The number of aromatic amines is 1. The van der Waals surface area contributed by atoms with Gasteiger partial charge in [-0.1, -0.05) is 18.2 Å². The molecule has 232 valence electrons. The molecule has 2 aromatic carbocycles. The van der Waals surface area contributed by atoms with Gasteiger partial charge in [0.1, 0.15) is 12.4 Å². The maximum Gasteiger partial charge on any atom is 0.253 e. The molecule has 0 aliphatic heterocycles. The van der Waals surface area contributed by atoms with E-state index in [9.17, 15) is 18.0 Å². The van der Waals surface area contributed by atoms with E-state index in [4.69, 9.17) is 4.74 Å². The van der Waals surface area contributed by atoms with Gasteiger partial charge in [0.15, 0.2) is 0 Å². The van der Waals surface area contributed by atoms with Crippen molar-refractivity contribution in [3.05, 3.63) is 99.6 Å². The minimum Gasteiger partial charge on any atom is -0.492 e. The molecule has 4 aromatic rings. The van der Waals surface area contributed by atoms with E-state index in [0.29, 0.717) is 59.0 Å². The van der Waals surface area contributed by atoms with Gasteiger partial charge in [0.05, 0.1) is 10.3 Å². The topological polar surface area (TPSA) is 114 Å². The van der Waals surface area contributed by atoms with Crippen LogP contribution in [-0.4, -0.2) is 60.2 Å².